The molecule has 3 atom stereocenters. The zero-order chi connectivity index (χ0) is 26.7. The van der Waals surface area contributed by atoms with Gasteiger partial charge in [0.05, 0.1) is 16.6 Å². The van der Waals surface area contributed by atoms with Crippen LogP contribution in [0.2, 0.25) is 5.02 Å². The van der Waals surface area contributed by atoms with E-state index in [0.29, 0.717) is 6.42 Å². The Balaban J connectivity index is 1.55. The van der Waals surface area contributed by atoms with Gasteiger partial charge in [-0.05, 0) is 56.9 Å². The smallest absolute Gasteiger partial charge is 0.289 e. The van der Waals surface area contributed by atoms with Crippen LogP contribution < -0.4 is 21.3 Å². The van der Waals surface area contributed by atoms with Crippen molar-refractivity contribution >= 4 is 46.8 Å². The fraction of sp³-hybridized carbons (Fsp3) is 0.360. The van der Waals surface area contributed by atoms with Gasteiger partial charge in [-0.3, -0.25) is 24.0 Å². The van der Waals surface area contributed by atoms with Crippen LogP contribution in [0.3, 0.4) is 0 Å². The maximum absolute atomic E-state index is 13.5. The number of nitrogens with one attached hydrogen (secondary N) is 4. The third-order valence-electron chi connectivity index (χ3n) is 6.09. The minimum Gasteiger partial charge on any atom is -0.353 e. The van der Waals surface area contributed by atoms with Crippen LogP contribution >= 0.6 is 11.6 Å². The Morgan fingerprint density at radius 3 is 2.59 bits per heavy atom. The Morgan fingerprint density at radius 1 is 1.19 bits per heavy atom. The van der Waals surface area contributed by atoms with Gasteiger partial charge < -0.3 is 21.3 Å². The van der Waals surface area contributed by atoms with Crippen LogP contribution in [-0.2, 0) is 14.4 Å². The van der Waals surface area contributed by atoms with E-state index >= 15 is 0 Å². The number of hydrogen-bond donors (Lipinski definition) is 4. The Bertz CT molecular complexity index is 1270. The second-order valence-corrected chi connectivity index (χ2v) is 9.67. The summed E-state index contributed by atoms with van der Waals surface area (Å²) >= 11 is 6.03. The Morgan fingerprint density at radius 2 is 1.95 bits per heavy atom. The number of carbonyl (C=O) groups is 5. The fourth-order valence-corrected chi connectivity index (χ4v) is 4.23. The quantitative estimate of drug-likeness (QED) is 0.365. The number of aromatic nitrogens is 1. The molecule has 194 valence electrons. The van der Waals surface area contributed by atoms with Gasteiger partial charge in [0, 0.05) is 29.8 Å². The molecular weight excluding hydrogens is 505 g/mol. The summed E-state index contributed by atoms with van der Waals surface area (Å²) in [4.78, 5) is 67.7. The first-order chi connectivity index (χ1) is 17.6. The minimum atomic E-state index is -1.31. The molecule has 1 aromatic heterocycles. The van der Waals surface area contributed by atoms with E-state index < -0.39 is 41.3 Å². The molecule has 1 aromatic carbocycles. The molecule has 4 rings (SSSR count). The van der Waals surface area contributed by atoms with Crippen LogP contribution in [-0.4, -0.2) is 52.5 Å². The Kier molecular flexibility index (Phi) is 7.82. The number of amides is 4. The Labute approximate surface area is 216 Å². The lowest BCUT2D eigenvalue weighted by atomic mass is 9.94. The van der Waals surface area contributed by atoms with Crippen molar-refractivity contribution in [2.75, 3.05) is 5.32 Å². The van der Waals surface area contributed by atoms with Crippen molar-refractivity contribution in [3.63, 3.8) is 0 Å². The van der Waals surface area contributed by atoms with Gasteiger partial charge in [0.15, 0.2) is 0 Å². The van der Waals surface area contributed by atoms with E-state index in [1.54, 1.807) is 0 Å². The van der Waals surface area contributed by atoms with Crippen molar-refractivity contribution in [3.05, 3.63) is 58.5 Å². The summed E-state index contributed by atoms with van der Waals surface area (Å²) in [6, 6.07) is 4.68. The third kappa shape index (κ3) is 6.67. The minimum absolute atomic E-state index is 0.00530. The number of anilines is 1. The number of ketones is 1. The molecule has 1 aliphatic heterocycles. The number of hydrogen-bond acceptors (Lipinski definition) is 6. The summed E-state index contributed by atoms with van der Waals surface area (Å²) in [5.74, 6) is -4.94. The molecule has 4 amide bonds. The molecule has 10 nitrogen and oxygen atoms in total. The van der Waals surface area contributed by atoms with E-state index in [1.807, 2.05) is 6.92 Å². The van der Waals surface area contributed by atoms with E-state index in [0.717, 1.165) is 18.9 Å². The predicted molar refractivity (Wildman–Crippen MR) is 131 cm³/mol. The highest BCUT2D eigenvalue weighted by molar-refractivity contribution is 6.38. The average Bonchev–Trinajstić information content (AvgIpc) is 3.61. The second kappa shape index (κ2) is 11.0. The standard InChI is InChI=1S/C25H25ClFN5O5/c1-12-7-14(23(35)29-12)9-19(20(33)25(37)30-17-5-6-17)31-24(36)18-10-15(26)11-28-21(18)32-22(34)13-3-2-4-16(27)8-13/h2-4,8,10-12,14,17,19H,5-7,9H2,1H3,(H,29,35)(H,30,37)(H,31,36)(H,28,32,34)/t12-,14+,19?/m1/s1. The van der Waals surface area contributed by atoms with Crippen molar-refractivity contribution in [1.29, 1.82) is 0 Å². The largest absolute Gasteiger partial charge is 0.353 e. The number of pyridine rings is 1. The van der Waals surface area contributed by atoms with E-state index in [2.05, 4.69) is 26.3 Å². The molecule has 2 fully saturated rings. The third-order valence-corrected chi connectivity index (χ3v) is 6.30. The van der Waals surface area contributed by atoms with Crippen LogP contribution in [0, 0.1) is 11.7 Å². The van der Waals surface area contributed by atoms with Gasteiger partial charge in [-0.2, -0.15) is 0 Å². The molecule has 1 aliphatic carbocycles. The first kappa shape index (κ1) is 26.2. The molecule has 1 saturated carbocycles. The van der Waals surface area contributed by atoms with Gasteiger partial charge in [-0.15, -0.1) is 0 Å². The Hall–Kier alpha value is -3.86. The molecule has 1 unspecified atom stereocenters. The van der Waals surface area contributed by atoms with Crippen molar-refractivity contribution in [2.24, 2.45) is 5.92 Å². The summed E-state index contributed by atoms with van der Waals surface area (Å²) in [5, 5.41) is 10.4. The van der Waals surface area contributed by atoms with E-state index in [9.17, 15) is 28.4 Å². The fourth-order valence-electron chi connectivity index (χ4n) is 4.07. The molecule has 12 heteroatoms. The lowest BCUT2D eigenvalue weighted by molar-refractivity contribution is -0.139. The van der Waals surface area contributed by atoms with Crippen LogP contribution in [0.1, 0.15) is 53.3 Å². The molecule has 2 aliphatic rings. The van der Waals surface area contributed by atoms with Gasteiger partial charge in [0.25, 0.3) is 17.7 Å². The highest BCUT2D eigenvalue weighted by atomic mass is 35.5. The maximum Gasteiger partial charge on any atom is 0.289 e. The molecule has 2 aromatic rings. The van der Waals surface area contributed by atoms with Gasteiger partial charge >= 0.3 is 0 Å². The van der Waals surface area contributed by atoms with Crippen molar-refractivity contribution in [3.8, 4) is 0 Å². The summed E-state index contributed by atoms with van der Waals surface area (Å²) < 4.78 is 13.5. The number of halogens is 2. The summed E-state index contributed by atoms with van der Waals surface area (Å²) in [7, 11) is 0. The van der Waals surface area contributed by atoms with E-state index in [-0.39, 0.29) is 46.4 Å². The van der Waals surface area contributed by atoms with Crippen LogP contribution in [0.25, 0.3) is 0 Å². The molecular formula is C25H25ClFN5O5. The van der Waals surface area contributed by atoms with Crippen molar-refractivity contribution in [1.82, 2.24) is 20.9 Å². The molecule has 0 radical (unpaired) electrons. The zero-order valence-corrected chi connectivity index (χ0v) is 20.6. The van der Waals surface area contributed by atoms with Crippen molar-refractivity contribution < 1.29 is 28.4 Å². The lowest BCUT2D eigenvalue weighted by Gasteiger charge is -2.20. The monoisotopic (exact) mass is 529 g/mol. The summed E-state index contributed by atoms with van der Waals surface area (Å²) in [6.45, 7) is 1.82. The van der Waals surface area contributed by atoms with Crippen LogP contribution in [0.5, 0.6) is 0 Å². The van der Waals surface area contributed by atoms with Gasteiger partial charge in [0.1, 0.15) is 11.6 Å². The van der Waals surface area contributed by atoms with Gasteiger partial charge in [-0.25, -0.2) is 9.37 Å². The highest BCUT2D eigenvalue weighted by Gasteiger charge is 2.38. The summed E-state index contributed by atoms with van der Waals surface area (Å²) in [6.07, 6.45) is 3.09. The van der Waals surface area contributed by atoms with Crippen molar-refractivity contribution in [2.45, 2.75) is 50.7 Å². The molecule has 0 spiro atoms. The first-order valence-corrected chi connectivity index (χ1v) is 12.2. The number of rotatable bonds is 9. The van der Waals surface area contributed by atoms with E-state index in [1.165, 1.54) is 30.5 Å². The zero-order valence-electron chi connectivity index (χ0n) is 19.8. The lowest BCUT2D eigenvalue weighted by Crippen LogP contribution is -2.49. The predicted octanol–water partition coefficient (Wildman–Crippen LogP) is 1.99. The summed E-state index contributed by atoms with van der Waals surface area (Å²) in [5.41, 5.74) is -0.184. The maximum atomic E-state index is 13.5. The average molecular weight is 530 g/mol. The molecule has 2 heterocycles. The van der Waals surface area contributed by atoms with E-state index in [4.69, 9.17) is 11.6 Å². The first-order valence-electron chi connectivity index (χ1n) is 11.8. The number of nitrogens with zero attached hydrogens (tertiary/aromatic N) is 1. The molecule has 1 saturated heterocycles. The molecule has 0 bridgehead atoms. The molecule has 4 N–H and O–H groups in total. The SMILES string of the molecule is C[C@@H]1C[C@@H](CC(NC(=O)c2cc(Cl)cnc2NC(=O)c2cccc(F)c2)C(=O)C(=O)NC2CC2)C(=O)N1. The number of benzene rings is 1. The normalized spacial score (nSPS) is 19.5. The topological polar surface area (TPSA) is 146 Å². The molecule has 37 heavy (non-hydrogen) atoms. The van der Waals surface area contributed by atoms with Gasteiger partial charge in [0.2, 0.25) is 11.7 Å². The second-order valence-electron chi connectivity index (χ2n) is 9.23. The van der Waals surface area contributed by atoms with Gasteiger partial charge in [-0.1, -0.05) is 17.7 Å². The number of carbonyl (C=O) groups excluding carboxylic acids is 5. The highest BCUT2D eigenvalue weighted by Crippen LogP contribution is 2.24. The van der Waals surface area contributed by atoms with Crippen LogP contribution in [0.15, 0.2) is 36.5 Å². The van der Waals surface area contributed by atoms with Crippen LogP contribution in [0.4, 0.5) is 10.2 Å². The number of Topliss-reactive ketones (excluding diaryl/α,β-unsaturated/α-hetero) is 1.